The quantitative estimate of drug-likeness (QED) is 0.743. The van der Waals surface area contributed by atoms with E-state index < -0.39 is 10.6 Å². The van der Waals surface area contributed by atoms with Gasteiger partial charge in [0.15, 0.2) is 0 Å². The lowest BCUT2D eigenvalue weighted by atomic mass is 10.1. The van der Waals surface area contributed by atoms with Crippen LogP contribution in [0.15, 0.2) is 26.4 Å². The summed E-state index contributed by atoms with van der Waals surface area (Å²) in [5, 5.41) is 0. The van der Waals surface area contributed by atoms with Gasteiger partial charge in [0.1, 0.15) is 0 Å². The van der Waals surface area contributed by atoms with Crippen LogP contribution in [0.4, 0.5) is 0 Å². The Balaban J connectivity index is 2.73. The van der Waals surface area contributed by atoms with Crippen molar-refractivity contribution in [2.24, 2.45) is 0 Å². The van der Waals surface area contributed by atoms with Gasteiger partial charge < -0.3 is 0 Å². The van der Waals surface area contributed by atoms with Crippen molar-refractivity contribution < 1.29 is 9.11 Å². The molecule has 1 aromatic carbocycles. The topological polar surface area (TPSA) is 40.5 Å². The molecule has 0 unspecified atom stereocenters. The van der Waals surface area contributed by atoms with Crippen molar-refractivity contribution in [2.75, 3.05) is 0 Å². The van der Waals surface area contributed by atoms with Crippen LogP contribution in [0.25, 0.3) is 6.08 Å². The Hall–Kier alpha value is -0.290. The minimum absolute atomic E-state index is 0.626. The van der Waals surface area contributed by atoms with E-state index in [4.69, 9.17) is 0 Å². The maximum absolute atomic E-state index is 9.93. The first-order chi connectivity index (χ1) is 6.43. The number of hydrogen-bond acceptors (Lipinski definition) is 2. The van der Waals surface area contributed by atoms with Crippen LogP contribution in [0.5, 0.6) is 0 Å². The lowest BCUT2D eigenvalue weighted by Gasteiger charge is -2.30. The SMILES string of the molecule is CC1=Cc2cc(C)cc(Br)c2S1(O)O. The van der Waals surface area contributed by atoms with Gasteiger partial charge in [-0.05, 0) is 47.5 Å². The Kier molecular flexibility index (Phi) is 2.27. The van der Waals surface area contributed by atoms with Gasteiger partial charge in [-0.1, -0.05) is 6.07 Å². The van der Waals surface area contributed by atoms with Crippen LogP contribution in [0.1, 0.15) is 18.1 Å². The van der Waals surface area contributed by atoms with Crippen LogP contribution in [0.2, 0.25) is 0 Å². The second kappa shape index (κ2) is 3.10. The number of hydrogen-bond donors (Lipinski definition) is 2. The van der Waals surface area contributed by atoms with Gasteiger partial charge in [0, 0.05) is 14.9 Å². The fraction of sp³-hybridized carbons (Fsp3) is 0.200. The largest absolute Gasteiger partial charge is 0.291 e. The standard InChI is InChI=1S/C10H11BrO2S/c1-6-3-8-5-7(2)14(12,13)10(8)9(11)4-6/h3-5,12-13H,1-2H3. The predicted octanol–water partition coefficient (Wildman–Crippen LogP) is 4.24. The van der Waals surface area contributed by atoms with Crippen LogP contribution in [0.3, 0.4) is 0 Å². The lowest BCUT2D eigenvalue weighted by molar-refractivity contribution is 0.497. The number of aryl methyl sites for hydroxylation is 1. The van der Waals surface area contributed by atoms with Crippen molar-refractivity contribution >= 4 is 32.6 Å². The highest BCUT2D eigenvalue weighted by atomic mass is 79.9. The minimum Gasteiger partial charge on any atom is -0.291 e. The Morgan fingerprint density at radius 3 is 2.50 bits per heavy atom. The first-order valence-corrected chi connectivity index (χ1v) is 6.53. The van der Waals surface area contributed by atoms with Crippen molar-refractivity contribution in [1.82, 2.24) is 0 Å². The second-order valence-electron chi connectivity index (χ2n) is 3.47. The monoisotopic (exact) mass is 274 g/mol. The maximum Gasteiger partial charge on any atom is 0.0848 e. The van der Waals surface area contributed by atoms with Gasteiger partial charge in [-0.25, -0.2) is 0 Å². The average molecular weight is 275 g/mol. The molecule has 14 heavy (non-hydrogen) atoms. The zero-order valence-corrected chi connectivity index (χ0v) is 10.3. The highest BCUT2D eigenvalue weighted by Crippen LogP contribution is 2.63. The molecule has 0 bridgehead atoms. The molecule has 0 amide bonds. The number of halogens is 1. The molecule has 0 saturated heterocycles. The summed E-state index contributed by atoms with van der Waals surface area (Å²) >= 11 is 3.37. The fourth-order valence-electron chi connectivity index (χ4n) is 1.63. The van der Waals surface area contributed by atoms with E-state index in [1.54, 1.807) is 6.92 Å². The number of fused-ring (bicyclic) bond motifs is 1. The molecular weight excluding hydrogens is 264 g/mol. The summed E-state index contributed by atoms with van der Waals surface area (Å²) in [5.41, 5.74) is 2.02. The fourth-order valence-corrected chi connectivity index (χ4v) is 4.28. The number of allylic oxidation sites excluding steroid dienone is 1. The average Bonchev–Trinajstić information content (AvgIpc) is 2.21. The van der Waals surface area contributed by atoms with E-state index >= 15 is 0 Å². The summed E-state index contributed by atoms with van der Waals surface area (Å²) in [6.45, 7) is 3.73. The van der Waals surface area contributed by atoms with E-state index in [-0.39, 0.29) is 0 Å². The Morgan fingerprint density at radius 2 is 1.86 bits per heavy atom. The predicted molar refractivity (Wildman–Crippen MR) is 63.6 cm³/mol. The van der Waals surface area contributed by atoms with Crippen molar-refractivity contribution in [3.63, 3.8) is 0 Å². The van der Waals surface area contributed by atoms with Crippen molar-refractivity contribution in [1.29, 1.82) is 0 Å². The summed E-state index contributed by atoms with van der Waals surface area (Å²) in [4.78, 5) is 1.26. The normalized spacial score (nSPS) is 20.2. The highest BCUT2D eigenvalue weighted by molar-refractivity contribution is 9.10. The molecule has 0 aromatic heterocycles. The smallest absolute Gasteiger partial charge is 0.0848 e. The third-order valence-electron chi connectivity index (χ3n) is 2.31. The molecule has 0 aliphatic carbocycles. The summed E-state index contributed by atoms with van der Waals surface area (Å²) < 4.78 is 20.6. The summed E-state index contributed by atoms with van der Waals surface area (Å²) in [5.74, 6) is 0. The van der Waals surface area contributed by atoms with Crippen molar-refractivity contribution in [2.45, 2.75) is 18.7 Å². The van der Waals surface area contributed by atoms with Crippen LogP contribution in [0, 0.1) is 6.92 Å². The van der Waals surface area contributed by atoms with E-state index in [1.165, 1.54) is 0 Å². The molecule has 0 spiro atoms. The molecule has 1 heterocycles. The highest BCUT2D eigenvalue weighted by Gasteiger charge is 2.29. The second-order valence-corrected chi connectivity index (χ2v) is 6.47. The maximum atomic E-state index is 9.93. The summed E-state index contributed by atoms with van der Waals surface area (Å²) in [7, 11) is -2.72. The molecule has 4 heteroatoms. The molecule has 1 aliphatic rings. The summed E-state index contributed by atoms with van der Waals surface area (Å²) in [6.07, 6.45) is 1.84. The third-order valence-corrected chi connectivity index (χ3v) is 5.24. The van der Waals surface area contributed by atoms with E-state index in [0.29, 0.717) is 9.80 Å². The van der Waals surface area contributed by atoms with Crippen LogP contribution >= 0.6 is 26.5 Å². The molecule has 0 fully saturated rings. The van der Waals surface area contributed by atoms with Gasteiger partial charge in [-0.3, -0.25) is 9.11 Å². The first-order valence-electron chi connectivity index (χ1n) is 4.19. The van der Waals surface area contributed by atoms with E-state index in [2.05, 4.69) is 15.9 Å². The molecule has 76 valence electrons. The molecule has 2 N–H and O–H groups in total. The molecule has 2 rings (SSSR count). The van der Waals surface area contributed by atoms with Gasteiger partial charge in [0.25, 0.3) is 0 Å². The molecule has 0 radical (unpaired) electrons. The molecule has 0 atom stereocenters. The number of benzene rings is 1. The van der Waals surface area contributed by atoms with Gasteiger partial charge in [-0.2, -0.15) is 0 Å². The molecule has 2 nitrogen and oxygen atoms in total. The van der Waals surface area contributed by atoms with Gasteiger partial charge in [0.2, 0.25) is 0 Å². The van der Waals surface area contributed by atoms with Gasteiger partial charge >= 0.3 is 0 Å². The van der Waals surface area contributed by atoms with Gasteiger partial charge in [-0.15, -0.1) is 10.6 Å². The van der Waals surface area contributed by atoms with Crippen LogP contribution in [-0.2, 0) is 0 Å². The third kappa shape index (κ3) is 1.34. The van der Waals surface area contributed by atoms with Crippen molar-refractivity contribution in [3.8, 4) is 0 Å². The Morgan fingerprint density at radius 1 is 1.21 bits per heavy atom. The summed E-state index contributed by atoms with van der Waals surface area (Å²) in [6, 6.07) is 3.87. The minimum atomic E-state index is -2.72. The Bertz CT molecular complexity index is 438. The molecular formula is C10H11BrO2S. The van der Waals surface area contributed by atoms with E-state index in [9.17, 15) is 9.11 Å². The van der Waals surface area contributed by atoms with Gasteiger partial charge in [0.05, 0.1) is 4.90 Å². The Labute approximate surface area is 93.1 Å². The lowest BCUT2D eigenvalue weighted by Crippen LogP contribution is -1.97. The number of rotatable bonds is 0. The van der Waals surface area contributed by atoms with Crippen LogP contribution in [-0.4, -0.2) is 9.11 Å². The van der Waals surface area contributed by atoms with Crippen LogP contribution < -0.4 is 0 Å². The van der Waals surface area contributed by atoms with E-state index in [1.807, 2.05) is 25.1 Å². The van der Waals surface area contributed by atoms with E-state index in [0.717, 1.165) is 15.6 Å². The molecule has 1 aromatic rings. The molecule has 0 saturated carbocycles. The van der Waals surface area contributed by atoms with Crippen molar-refractivity contribution in [3.05, 3.63) is 32.6 Å². The zero-order chi connectivity index (χ0) is 10.5. The first kappa shape index (κ1) is 10.2. The zero-order valence-electron chi connectivity index (χ0n) is 7.91. The molecule has 1 aliphatic heterocycles.